The van der Waals surface area contributed by atoms with E-state index in [0.29, 0.717) is 17.9 Å². The lowest BCUT2D eigenvalue weighted by molar-refractivity contribution is -0.183. The summed E-state index contributed by atoms with van der Waals surface area (Å²) in [4.78, 5) is 30.5. The van der Waals surface area contributed by atoms with Gasteiger partial charge in [0.15, 0.2) is 5.65 Å². The highest BCUT2D eigenvalue weighted by atomic mass is 19.4. The molecular weight excluding hydrogens is 589 g/mol. The van der Waals surface area contributed by atoms with Crippen molar-refractivity contribution >= 4 is 17.5 Å². The van der Waals surface area contributed by atoms with Gasteiger partial charge in [0.2, 0.25) is 11.8 Å². The van der Waals surface area contributed by atoms with E-state index in [1.165, 1.54) is 29.2 Å². The average Bonchev–Trinajstić information content (AvgIpc) is 3.58. The normalized spacial score (nSPS) is 22.2. The zero-order valence-electron chi connectivity index (χ0n) is 24.7. The molecular formula is C29H36F5N7O3. The molecule has 3 N–H and O–H groups in total. The minimum absolute atomic E-state index is 0.142. The van der Waals surface area contributed by atoms with Crippen molar-refractivity contribution in [3.8, 4) is 0 Å². The zero-order chi connectivity index (χ0) is 32.0. The molecule has 3 aromatic rings. The first kappa shape index (κ1) is 31.8. The number of carbonyl (C=O) groups excluding carboxylic acids is 2. The number of aliphatic hydroxyl groups is 1. The van der Waals surface area contributed by atoms with Crippen LogP contribution >= 0.6 is 0 Å². The molecule has 3 atom stereocenters. The molecule has 5 rings (SSSR count). The summed E-state index contributed by atoms with van der Waals surface area (Å²) in [6, 6.07) is 2.35. The number of hydrogen-bond donors (Lipinski definition) is 3. The van der Waals surface area contributed by atoms with Crippen molar-refractivity contribution in [2.24, 2.45) is 17.8 Å². The Morgan fingerprint density at radius 1 is 1.25 bits per heavy atom. The van der Waals surface area contributed by atoms with Gasteiger partial charge in [0.25, 0.3) is 5.91 Å². The van der Waals surface area contributed by atoms with Crippen LogP contribution in [0.5, 0.6) is 0 Å². The molecule has 240 valence electrons. The Morgan fingerprint density at radius 3 is 2.59 bits per heavy atom. The summed E-state index contributed by atoms with van der Waals surface area (Å²) >= 11 is 0. The summed E-state index contributed by atoms with van der Waals surface area (Å²) in [5, 5.41) is 25.0. The lowest BCUT2D eigenvalue weighted by Gasteiger charge is -2.33. The van der Waals surface area contributed by atoms with Crippen molar-refractivity contribution < 1.29 is 36.6 Å². The first-order valence-electron chi connectivity index (χ1n) is 14.7. The number of amides is 2. The van der Waals surface area contributed by atoms with E-state index >= 15 is 0 Å². The molecule has 2 aliphatic rings. The van der Waals surface area contributed by atoms with Crippen LogP contribution in [-0.4, -0.2) is 59.9 Å². The van der Waals surface area contributed by atoms with Gasteiger partial charge in [-0.05, 0) is 58.1 Å². The van der Waals surface area contributed by atoms with Crippen LogP contribution in [-0.2, 0) is 23.4 Å². The molecule has 2 amide bonds. The molecule has 1 aliphatic heterocycles. The van der Waals surface area contributed by atoms with Crippen LogP contribution in [0.25, 0.3) is 5.65 Å². The predicted octanol–water partition coefficient (Wildman–Crippen LogP) is 4.33. The molecule has 0 aromatic carbocycles. The molecule has 15 heteroatoms. The Morgan fingerprint density at radius 2 is 1.95 bits per heavy atom. The van der Waals surface area contributed by atoms with Crippen molar-refractivity contribution in [1.82, 2.24) is 35.0 Å². The molecule has 2 unspecified atom stereocenters. The van der Waals surface area contributed by atoms with Crippen molar-refractivity contribution in [2.75, 3.05) is 6.54 Å². The highest BCUT2D eigenvalue weighted by molar-refractivity contribution is 5.92. The maximum atomic E-state index is 14.1. The Balaban J connectivity index is 1.51. The number of hydrogen-bond acceptors (Lipinski definition) is 6. The molecule has 44 heavy (non-hydrogen) atoms. The molecule has 3 aromatic heterocycles. The average molecular weight is 626 g/mol. The predicted molar refractivity (Wildman–Crippen MR) is 148 cm³/mol. The summed E-state index contributed by atoms with van der Waals surface area (Å²) in [5.74, 6) is -6.85. The van der Waals surface area contributed by atoms with E-state index in [1.54, 1.807) is 18.3 Å². The summed E-state index contributed by atoms with van der Waals surface area (Å²) in [5.41, 5.74) is -0.0343. The molecule has 1 aliphatic carbocycles. The number of fused-ring (bicyclic) bond motifs is 1. The monoisotopic (exact) mass is 625 g/mol. The van der Waals surface area contributed by atoms with Gasteiger partial charge in [-0.15, -0.1) is 0 Å². The number of aromatic nitrogens is 5. The molecule has 2 fully saturated rings. The minimum Gasteiger partial charge on any atom is -0.386 e. The largest absolute Gasteiger partial charge is 0.393 e. The van der Waals surface area contributed by atoms with Crippen molar-refractivity contribution in [2.45, 2.75) is 89.6 Å². The molecule has 1 saturated heterocycles. The number of carbonyl (C=O) groups is 2. The summed E-state index contributed by atoms with van der Waals surface area (Å²) in [7, 11) is 0. The Bertz CT molecular complexity index is 1520. The van der Waals surface area contributed by atoms with Crippen LogP contribution in [0.2, 0.25) is 0 Å². The van der Waals surface area contributed by atoms with E-state index in [4.69, 9.17) is 0 Å². The fourth-order valence-electron chi connectivity index (χ4n) is 6.19. The maximum absolute atomic E-state index is 14.1. The number of aryl methyl sites for hydroxylation is 1. The van der Waals surface area contributed by atoms with E-state index < -0.39 is 60.4 Å². The number of imidazole rings is 1. The Hall–Kier alpha value is -3.62. The third-order valence-corrected chi connectivity index (χ3v) is 8.66. The van der Waals surface area contributed by atoms with E-state index in [1.807, 2.05) is 6.92 Å². The van der Waals surface area contributed by atoms with Crippen LogP contribution in [0.3, 0.4) is 0 Å². The second-order valence-corrected chi connectivity index (χ2v) is 12.3. The number of nitrogens with zero attached hydrogens (tertiary/aromatic N) is 5. The standard InChI is InChI=1S/C29H36F5N7O3/c1-4-40-22(7-10-36-40)26(43)38-24(16-5-8-28(30,31)9-6-16)21-15-41-23(37-21)13-19(27(2,3)44)20(39-41)12-17-11-18(29(32,33)34)14-35-25(17)42/h7,10,13,15-18,24,44H,4-6,8-9,11-12,14H2,1-3H3,(H,35,42)(H,38,43)/t17?,18-,24?/m1/s1. The highest BCUT2D eigenvalue weighted by Gasteiger charge is 2.45. The zero-order valence-corrected chi connectivity index (χ0v) is 24.7. The van der Waals surface area contributed by atoms with E-state index in [2.05, 4.69) is 25.8 Å². The van der Waals surface area contributed by atoms with Crippen LogP contribution in [0.15, 0.2) is 24.5 Å². The third kappa shape index (κ3) is 6.71. The van der Waals surface area contributed by atoms with Gasteiger partial charge in [-0.25, -0.2) is 18.3 Å². The van der Waals surface area contributed by atoms with Crippen molar-refractivity contribution in [3.63, 3.8) is 0 Å². The number of nitrogens with one attached hydrogen (secondary N) is 2. The minimum atomic E-state index is -4.47. The second-order valence-electron chi connectivity index (χ2n) is 12.3. The number of alkyl halides is 5. The summed E-state index contributed by atoms with van der Waals surface area (Å²) in [6.45, 7) is 4.77. The summed E-state index contributed by atoms with van der Waals surface area (Å²) in [6.07, 6.45) is -2.39. The third-order valence-electron chi connectivity index (χ3n) is 8.66. The Labute approximate surface area is 250 Å². The van der Waals surface area contributed by atoms with Gasteiger partial charge < -0.3 is 15.7 Å². The fourth-order valence-corrected chi connectivity index (χ4v) is 6.19. The van der Waals surface area contributed by atoms with Gasteiger partial charge in [-0.3, -0.25) is 14.3 Å². The maximum Gasteiger partial charge on any atom is 0.393 e. The highest BCUT2D eigenvalue weighted by Crippen LogP contribution is 2.42. The van der Waals surface area contributed by atoms with Gasteiger partial charge in [0.1, 0.15) is 5.69 Å². The van der Waals surface area contributed by atoms with Crippen LogP contribution in [0, 0.1) is 17.8 Å². The van der Waals surface area contributed by atoms with Gasteiger partial charge >= 0.3 is 6.18 Å². The van der Waals surface area contributed by atoms with E-state index in [-0.39, 0.29) is 54.9 Å². The second kappa shape index (κ2) is 11.7. The Kier molecular flexibility index (Phi) is 8.46. The number of halogens is 5. The smallest absolute Gasteiger partial charge is 0.386 e. The van der Waals surface area contributed by atoms with Gasteiger partial charge in [0.05, 0.1) is 35.1 Å². The van der Waals surface area contributed by atoms with Crippen molar-refractivity contribution in [3.05, 3.63) is 47.2 Å². The van der Waals surface area contributed by atoms with Crippen molar-refractivity contribution in [1.29, 1.82) is 0 Å². The fraction of sp³-hybridized carbons (Fsp3) is 0.621. The number of rotatable bonds is 8. The SMILES string of the molecule is CCn1nccc1C(=O)NC(c1cn2nc(CC3C[C@@H](C(F)(F)F)CNC3=O)c(C(C)(C)O)cc2n1)C1CCC(F)(F)CC1. The van der Waals surface area contributed by atoms with Crippen LogP contribution in [0.1, 0.15) is 86.4 Å². The lowest BCUT2D eigenvalue weighted by Crippen LogP contribution is -2.47. The first-order valence-corrected chi connectivity index (χ1v) is 14.7. The van der Waals surface area contributed by atoms with Crippen LogP contribution in [0.4, 0.5) is 22.0 Å². The van der Waals surface area contributed by atoms with E-state index in [0.717, 1.165) is 0 Å². The lowest BCUT2D eigenvalue weighted by atomic mass is 9.81. The number of piperidine rings is 1. The molecule has 0 bridgehead atoms. The van der Waals surface area contributed by atoms with E-state index in [9.17, 15) is 36.6 Å². The summed E-state index contributed by atoms with van der Waals surface area (Å²) < 4.78 is 71.4. The topological polar surface area (TPSA) is 126 Å². The van der Waals surface area contributed by atoms with Gasteiger partial charge in [0, 0.05) is 50.0 Å². The van der Waals surface area contributed by atoms with Gasteiger partial charge in [-0.1, -0.05) is 0 Å². The molecule has 0 spiro atoms. The molecule has 10 nitrogen and oxygen atoms in total. The quantitative estimate of drug-likeness (QED) is 0.320. The first-order chi connectivity index (χ1) is 20.6. The molecule has 1 saturated carbocycles. The van der Waals surface area contributed by atoms with Crippen LogP contribution < -0.4 is 10.6 Å². The molecule has 4 heterocycles. The van der Waals surface area contributed by atoms with Gasteiger partial charge in [-0.2, -0.15) is 23.4 Å². The molecule has 0 radical (unpaired) electrons.